The molecular weight excluding hydrogens is 338 g/mol. The van der Waals surface area contributed by atoms with Gasteiger partial charge >= 0.3 is 0 Å². The molecule has 0 aliphatic rings. The zero-order valence-electron chi connectivity index (χ0n) is 16.5. The molecule has 0 aromatic carbocycles. The van der Waals surface area contributed by atoms with Gasteiger partial charge in [0.05, 0.1) is 18.0 Å². The van der Waals surface area contributed by atoms with Gasteiger partial charge in [-0.1, -0.05) is 13.0 Å². The molecule has 0 atom stereocenters. The normalized spacial score (nSPS) is 12.2. The van der Waals surface area contributed by atoms with E-state index in [-0.39, 0.29) is 11.4 Å². The summed E-state index contributed by atoms with van der Waals surface area (Å²) in [7, 11) is 3.27. The van der Waals surface area contributed by atoms with Gasteiger partial charge in [0.1, 0.15) is 0 Å². The minimum atomic E-state index is -0.169. The zero-order chi connectivity index (χ0) is 19.6. The van der Waals surface area contributed by atoms with E-state index in [0.29, 0.717) is 5.57 Å². The maximum absolute atomic E-state index is 10.8. The van der Waals surface area contributed by atoms with Crippen LogP contribution < -0.4 is 10.6 Å². The minimum Gasteiger partial charge on any atom is -0.515 e. The molecule has 8 heteroatoms. The molecule has 0 aliphatic heterocycles. The maximum Gasteiger partial charge on any atom is 0.252 e. The number of aromatic nitrogens is 2. The summed E-state index contributed by atoms with van der Waals surface area (Å²) < 4.78 is 8.48. The fraction of sp³-hybridized carbons (Fsp3) is 0.588. The van der Waals surface area contributed by atoms with Gasteiger partial charge in [0.15, 0.2) is 11.6 Å². The van der Waals surface area contributed by atoms with Crippen LogP contribution in [0.25, 0.3) is 0 Å². The van der Waals surface area contributed by atoms with Crippen molar-refractivity contribution in [1.29, 1.82) is 0 Å². The van der Waals surface area contributed by atoms with Gasteiger partial charge in [-0.25, -0.2) is 0 Å². The van der Waals surface area contributed by atoms with E-state index in [1.54, 1.807) is 21.0 Å². The van der Waals surface area contributed by atoms with E-state index in [1.807, 2.05) is 6.92 Å². The SMILES string of the molecule is C/C(=C/O)C(=O)N(C)C.CC/C=C(\C)Nc1nsnc1NC(C)(C)C. The highest BCUT2D eigenvalue weighted by Crippen LogP contribution is 2.23. The van der Waals surface area contributed by atoms with Crippen LogP contribution in [0.3, 0.4) is 0 Å². The molecule has 0 spiro atoms. The smallest absolute Gasteiger partial charge is 0.252 e. The van der Waals surface area contributed by atoms with E-state index in [0.717, 1.165) is 30.0 Å². The van der Waals surface area contributed by atoms with Crippen molar-refractivity contribution in [1.82, 2.24) is 13.6 Å². The Kier molecular flexibility index (Phi) is 9.81. The predicted molar refractivity (Wildman–Crippen MR) is 106 cm³/mol. The van der Waals surface area contributed by atoms with Gasteiger partial charge in [-0.05, 0) is 41.0 Å². The van der Waals surface area contributed by atoms with Crippen LogP contribution in [-0.4, -0.2) is 44.3 Å². The number of amides is 1. The fourth-order valence-corrected chi connectivity index (χ4v) is 2.13. The Balaban J connectivity index is 0.000000547. The van der Waals surface area contributed by atoms with Gasteiger partial charge in [0, 0.05) is 30.9 Å². The summed E-state index contributed by atoms with van der Waals surface area (Å²) >= 11 is 1.21. The summed E-state index contributed by atoms with van der Waals surface area (Å²) in [6.07, 6.45) is 3.95. The molecule has 0 saturated carbocycles. The van der Waals surface area contributed by atoms with Gasteiger partial charge in [0.2, 0.25) is 0 Å². The number of nitrogens with zero attached hydrogens (tertiary/aromatic N) is 3. The lowest BCUT2D eigenvalue weighted by atomic mass is 10.1. The molecule has 0 radical (unpaired) electrons. The van der Waals surface area contributed by atoms with Crippen molar-refractivity contribution >= 4 is 29.3 Å². The van der Waals surface area contributed by atoms with Crippen LogP contribution in [0.2, 0.25) is 0 Å². The van der Waals surface area contributed by atoms with E-state index in [1.165, 1.54) is 16.6 Å². The van der Waals surface area contributed by atoms with Crippen LogP contribution in [0.4, 0.5) is 11.6 Å². The molecule has 7 nitrogen and oxygen atoms in total. The molecule has 0 unspecified atom stereocenters. The number of aliphatic hydroxyl groups is 1. The number of rotatable bonds is 5. The first kappa shape index (κ1) is 22.9. The topological polar surface area (TPSA) is 90.4 Å². The van der Waals surface area contributed by atoms with Gasteiger partial charge in [-0.15, -0.1) is 0 Å². The Bertz CT molecular complexity index is 600. The number of likely N-dealkylation sites (N-methyl/N-ethyl adjacent to an activating group) is 1. The second-order valence-corrected chi connectivity index (χ2v) is 7.30. The summed E-state index contributed by atoms with van der Waals surface area (Å²) in [6, 6.07) is 0. The van der Waals surface area contributed by atoms with Gasteiger partial charge < -0.3 is 20.6 Å². The quantitative estimate of drug-likeness (QED) is 0.537. The third kappa shape index (κ3) is 9.71. The highest BCUT2D eigenvalue weighted by atomic mass is 32.1. The van der Waals surface area contributed by atoms with Crippen molar-refractivity contribution < 1.29 is 9.90 Å². The summed E-state index contributed by atoms with van der Waals surface area (Å²) in [5.74, 6) is 1.46. The minimum absolute atomic E-state index is 0.00540. The molecule has 25 heavy (non-hydrogen) atoms. The summed E-state index contributed by atoms with van der Waals surface area (Å²) in [4.78, 5) is 12.2. The van der Waals surface area contributed by atoms with Crippen molar-refractivity contribution in [3.63, 3.8) is 0 Å². The number of hydrogen-bond donors (Lipinski definition) is 3. The molecule has 0 bridgehead atoms. The van der Waals surface area contributed by atoms with E-state index < -0.39 is 0 Å². The fourth-order valence-electron chi connectivity index (χ4n) is 1.66. The first-order valence-electron chi connectivity index (χ1n) is 8.09. The number of allylic oxidation sites excluding steroid dienone is 2. The monoisotopic (exact) mass is 369 g/mol. The highest BCUT2D eigenvalue weighted by Gasteiger charge is 2.15. The molecule has 142 valence electrons. The van der Waals surface area contributed by atoms with E-state index in [4.69, 9.17) is 5.11 Å². The van der Waals surface area contributed by atoms with Crippen molar-refractivity contribution in [3.05, 3.63) is 23.6 Å². The average molecular weight is 370 g/mol. The van der Waals surface area contributed by atoms with E-state index in [2.05, 4.69) is 53.2 Å². The summed E-state index contributed by atoms with van der Waals surface area (Å²) in [5, 5.41) is 14.9. The van der Waals surface area contributed by atoms with Crippen LogP contribution in [0, 0.1) is 0 Å². The largest absolute Gasteiger partial charge is 0.515 e. The molecule has 3 N–H and O–H groups in total. The third-order valence-corrected chi connectivity index (χ3v) is 3.27. The standard InChI is InChI=1S/C11H20N4S.C6H11NO2/c1-6-7-8(2)12-9-10(15-16-14-9)13-11(3,4)5;1-5(4-8)6(9)7(2)3/h7H,6H2,1-5H3,(H,12,14)(H,13,15);4,8H,1-3H3/b8-7+;5-4-. The van der Waals surface area contributed by atoms with Crippen molar-refractivity contribution in [2.24, 2.45) is 0 Å². The highest BCUT2D eigenvalue weighted by molar-refractivity contribution is 6.99. The lowest BCUT2D eigenvalue weighted by Crippen LogP contribution is -2.26. The molecule has 0 saturated heterocycles. The Morgan fingerprint density at radius 1 is 1.24 bits per heavy atom. The summed E-state index contributed by atoms with van der Waals surface area (Å²) in [6.45, 7) is 12.0. The van der Waals surface area contributed by atoms with Crippen molar-refractivity contribution in [2.45, 2.75) is 53.5 Å². The molecule has 1 aromatic heterocycles. The van der Waals surface area contributed by atoms with Gasteiger partial charge in [-0.3, -0.25) is 4.79 Å². The maximum atomic E-state index is 10.8. The Labute approximate surface area is 155 Å². The number of carbonyl (C=O) groups is 1. The van der Waals surface area contributed by atoms with E-state index >= 15 is 0 Å². The van der Waals surface area contributed by atoms with Gasteiger partial charge in [0.25, 0.3) is 5.91 Å². The average Bonchev–Trinajstić information content (AvgIpc) is 2.91. The molecule has 1 heterocycles. The van der Waals surface area contributed by atoms with Gasteiger partial charge in [-0.2, -0.15) is 8.75 Å². The van der Waals surface area contributed by atoms with Crippen molar-refractivity contribution in [3.8, 4) is 0 Å². The molecule has 1 aromatic rings. The lowest BCUT2D eigenvalue weighted by molar-refractivity contribution is -0.124. The van der Waals surface area contributed by atoms with Crippen LogP contribution >= 0.6 is 11.7 Å². The number of nitrogens with one attached hydrogen (secondary N) is 2. The van der Waals surface area contributed by atoms with Crippen LogP contribution in [0.1, 0.15) is 48.0 Å². The number of anilines is 2. The second-order valence-electron chi connectivity index (χ2n) is 6.77. The molecular formula is C17H31N5O2S. The second kappa shape index (κ2) is 10.7. The zero-order valence-corrected chi connectivity index (χ0v) is 17.3. The first-order chi connectivity index (χ1) is 11.5. The molecule has 1 amide bonds. The molecule has 0 fully saturated rings. The Morgan fingerprint density at radius 3 is 2.20 bits per heavy atom. The van der Waals surface area contributed by atoms with Crippen LogP contribution in [0.15, 0.2) is 23.6 Å². The summed E-state index contributed by atoms with van der Waals surface area (Å²) in [5.41, 5.74) is 1.45. The Hall–Kier alpha value is -2.09. The van der Waals surface area contributed by atoms with Crippen LogP contribution in [-0.2, 0) is 4.79 Å². The molecule has 1 rings (SSSR count). The van der Waals surface area contributed by atoms with E-state index in [9.17, 15) is 4.79 Å². The number of aliphatic hydroxyl groups excluding tert-OH is 1. The van der Waals surface area contributed by atoms with Crippen molar-refractivity contribution in [2.75, 3.05) is 24.7 Å². The Morgan fingerprint density at radius 2 is 1.80 bits per heavy atom. The number of carbonyl (C=O) groups excluding carboxylic acids is 1. The lowest BCUT2D eigenvalue weighted by Gasteiger charge is -2.20. The first-order valence-corrected chi connectivity index (χ1v) is 8.82. The molecule has 0 aliphatic carbocycles. The number of hydrogen-bond acceptors (Lipinski definition) is 7. The van der Waals surface area contributed by atoms with Crippen LogP contribution in [0.5, 0.6) is 0 Å². The third-order valence-electron chi connectivity index (χ3n) is 2.74. The predicted octanol–water partition coefficient (Wildman–Crippen LogP) is 4.01.